The van der Waals surface area contributed by atoms with E-state index in [1.807, 2.05) is 24.3 Å². The summed E-state index contributed by atoms with van der Waals surface area (Å²) in [6.45, 7) is 3.90. The number of hydrogen-bond donors (Lipinski definition) is 2. The zero-order valence-corrected chi connectivity index (χ0v) is 15.4. The summed E-state index contributed by atoms with van der Waals surface area (Å²) < 4.78 is 13.8. The van der Waals surface area contributed by atoms with Crippen molar-refractivity contribution in [1.29, 1.82) is 0 Å². The van der Waals surface area contributed by atoms with E-state index >= 15 is 0 Å². The Bertz CT molecular complexity index is 908. The molecule has 1 amide bonds. The number of aryl methyl sites for hydroxylation is 2. The summed E-state index contributed by atoms with van der Waals surface area (Å²) in [5.74, 6) is 0.0143. The molecule has 0 spiro atoms. The average Bonchev–Trinajstić information content (AvgIpc) is 3.11. The van der Waals surface area contributed by atoms with Crippen molar-refractivity contribution in [1.82, 2.24) is 15.2 Å². The van der Waals surface area contributed by atoms with Crippen LogP contribution in [0.15, 0.2) is 47.6 Å². The lowest BCUT2D eigenvalue weighted by atomic mass is 10.1. The Balaban J connectivity index is 1.58. The van der Waals surface area contributed by atoms with E-state index in [2.05, 4.69) is 27.4 Å². The zero-order valence-electron chi connectivity index (χ0n) is 14.5. The molecule has 3 aromatic rings. The normalized spacial score (nSPS) is 10.7. The molecule has 3 rings (SSSR count). The van der Waals surface area contributed by atoms with Crippen LogP contribution >= 0.6 is 11.8 Å². The molecule has 0 aliphatic rings. The van der Waals surface area contributed by atoms with Crippen molar-refractivity contribution < 1.29 is 9.18 Å². The molecule has 134 valence electrons. The van der Waals surface area contributed by atoms with Crippen molar-refractivity contribution in [2.24, 2.45) is 0 Å². The molecule has 0 unspecified atom stereocenters. The topological polar surface area (TPSA) is 70.7 Å². The lowest BCUT2D eigenvalue weighted by Crippen LogP contribution is -2.15. The number of benzene rings is 2. The van der Waals surface area contributed by atoms with Gasteiger partial charge >= 0.3 is 0 Å². The van der Waals surface area contributed by atoms with Gasteiger partial charge in [0, 0.05) is 5.56 Å². The van der Waals surface area contributed by atoms with E-state index in [1.54, 1.807) is 19.1 Å². The highest BCUT2D eigenvalue weighted by atomic mass is 32.2. The zero-order chi connectivity index (χ0) is 18.5. The minimum Gasteiger partial charge on any atom is -0.323 e. The second-order valence-corrected chi connectivity index (χ2v) is 6.81. The highest BCUT2D eigenvalue weighted by molar-refractivity contribution is 7.99. The van der Waals surface area contributed by atoms with Gasteiger partial charge in [-0.1, -0.05) is 49.0 Å². The number of carbonyl (C=O) groups excluding carboxylic acids is 1. The van der Waals surface area contributed by atoms with Crippen LogP contribution in [-0.4, -0.2) is 26.8 Å². The number of rotatable bonds is 6. The summed E-state index contributed by atoms with van der Waals surface area (Å²) >= 11 is 1.22. The summed E-state index contributed by atoms with van der Waals surface area (Å²) in [7, 11) is 0. The molecule has 0 aliphatic carbocycles. The SMILES string of the molecule is CCc1ccc(-c2nnc(SCC(=O)Nc3ccc(C)cc3F)[nH]2)cc1. The number of nitrogens with one attached hydrogen (secondary N) is 2. The lowest BCUT2D eigenvalue weighted by Gasteiger charge is -2.06. The molecule has 1 aromatic heterocycles. The summed E-state index contributed by atoms with van der Waals surface area (Å²) in [6.07, 6.45) is 0.981. The molecule has 26 heavy (non-hydrogen) atoms. The molecule has 0 aliphatic heterocycles. The molecule has 0 atom stereocenters. The third-order valence-corrected chi connectivity index (χ3v) is 4.70. The summed E-state index contributed by atoms with van der Waals surface area (Å²) in [6, 6.07) is 12.8. The van der Waals surface area contributed by atoms with Crippen molar-refractivity contribution >= 4 is 23.4 Å². The summed E-state index contributed by atoms with van der Waals surface area (Å²) in [5.41, 5.74) is 3.17. The maximum atomic E-state index is 13.8. The van der Waals surface area contributed by atoms with E-state index in [-0.39, 0.29) is 17.3 Å². The van der Waals surface area contributed by atoms with E-state index in [0.717, 1.165) is 17.5 Å². The Labute approximate surface area is 155 Å². The molecular formula is C19H19FN4OS. The Hall–Kier alpha value is -2.67. The Morgan fingerprint density at radius 1 is 1.19 bits per heavy atom. The number of aromatic nitrogens is 3. The first kappa shape index (κ1) is 18.1. The first-order chi connectivity index (χ1) is 12.5. The molecule has 0 fully saturated rings. The van der Waals surface area contributed by atoms with Crippen LogP contribution in [-0.2, 0) is 11.2 Å². The van der Waals surface area contributed by atoms with Gasteiger partial charge in [0.15, 0.2) is 11.0 Å². The number of anilines is 1. The summed E-state index contributed by atoms with van der Waals surface area (Å²) in [5, 5.41) is 11.3. The number of thioether (sulfide) groups is 1. The van der Waals surface area contributed by atoms with Crippen LogP contribution in [0.1, 0.15) is 18.1 Å². The third kappa shape index (κ3) is 4.49. The van der Waals surface area contributed by atoms with Gasteiger partial charge in [-0.25, -0.2) is 4.39 Å². The van der Waals surface area contributed by atoms with Crippen molar-refractivity contribution in [3.63, 3.8) is 0 Å². The minimum atomic E-state index is -0.444. The largest absolute Gasteiger partial charge is 0.323 e. The number of carbonyl (C=O) groups is 1. The molecular weight excluding hydrogens is 351 g/mol. The Kier molecular flexibility index (Phi) is 5.68. The number of hydrogen-bond acceptors (Lipinski definition) is 4. The van der Waals surface area contributed by atoms with Crippen molar-refractivity contribution in [2.45, 2.75) is 25.4 Å². The smallest absolute Gasteiger partial charge is 0.234 e. The van der Waals surface area contributed by atoms with Gasteiger partial charge in [0.25, 0.3) is 0 Å². The highest BCUT2D eigenvalue weighted by Gasteiger charge is 2.11. The van der Waals surface area contributed by atoms with Gasteiger partial charge in [-0.2, -0.15) is 0 Å². The van der Waals surface area contributed by atoms with Gasteiger partial charge in [-0.05, 0) is 36.6 Å². The first-order valence-corrected chi connectivity index (χ1v) is 9.24. The lowest BCUT2D eigenvalue weighted by molar-refractivity contribution is -0.113. The molecule has 1 heterocycles. The minimum absolute atomic E-state index is 0.108. The van der Waals surface area contributed by atoms with Crippen molar-refractivity contribution in [2.75, 3.05) is 11.1 Å². The third-order valence-electron chi connectivity index (χ3n) is 3.84. The number of H-pyrrole nitrogens is 1. The maximum absolute atomic E-state index is 13.8. The molecule has 5 nitrogen and oxygen atoms in total. The van der Waals surface area contributed by atoms with Crippen molar-refractivity contribution in [3.05, 3.63) is 59.4 Å². The summed E-state index contributed by atoms with van der Waals surface area (Å²) in [4.78, 5) is 15.1. The van der Waals surface area contributed by atoms with Crippen LogP contribution in [0.3, 0.4) is 0 Å². The standard InChI is InChI=1S/C19H19FN4OS/c1-3-13-5-7-14(8-6-13)18-22-19(24-23-18)26-11-17(25)21-16-9-4-12(2)10-15(16)20/h4-10H,3,11H2,1-2H3,(H,21,25)(H,22,23,24). The quantitative estimate of drug-likeness (QED) is 0.638. The highest BCUT2D eigenvalue weighted by Crippen LogP contribution is 2.21. The van der Waals surface area contributed by atoms with Gasteiger partial charge < -0.3 is 10.3 Å². The molecule has 2 aromatic carbocycles. The number of amides is 1. The predicted molar refractivity (Wildman–Crippen MR) is 102 cm³/mol. The van der Waals surface area contributed by atoms with E-state index < -0.39 is 5.82 Å². The number of aromatic amines is 1. The van der Waals surface area contributed by atoms with Gasteiger partial charge in [0.2, 0.25) is 5.91 Å². The van der Waals surface area contributed by atoms with Gasteiger partial charge in [0.05, 0.1) is 11.4 Å². The average molecular weight is 370 g/mol. The molecule has 0 radical (unpaired) electrons. The van der Waals surface area contributed by atoms with Crippen molar-refractivity contribution in [3.8, 4) is 11.4 Å². The fourth-order valence-electron chi connectivity index (χ4n) is 2.38. The number of halogens is 1. The van der Waals surface area contributed by atoms with E-state index in [1.165, 1.54) is 23.4 Å². The van der Waals surface area contributed by atoms with Crippen LogP contribution in [0.2, 0.25) is 0 Å². The second-order valence-electron chi connectivity index (χ2n) is 5.85. The number of nitrogens with zero attached hydrogens (tertiary/aromatic N) is 2. The Morgan fingerprint density at radius 3 is 2.65 bits per heavy atom. The van der Waals surface area contributed by atoms with E-state index in [0.29, 0.717) is 11.0 Å². The monoisotopic (exact) mass is 370 g/mol. The molecule has 0 saturated carbocycles. The van der Waals surface area contributed by atoms with Crippen LogP contribution in [0.25, 0.3) is 11.4 Å². The molecule has 7 heteroatoms. The van der Waals surface area contributed by atoms with Gasteiger partial charge in [0.1, 0.15) is 5.82 Å². The van der Waals surface area contributed by atoms with Crippen LogP contribution in [0.4, 0.5) is 10.1 Å². The Morgan fingerprint density at radius 2 is 1.96 bits per heavy atom. The second kappa shape index (κ2) is 8.14. The van der Waals surface area contributed by atoms with E-state index in [4.69, 9.17) is 0 Å². The van der Waals surface area contributed by atoms with Crippen LogP contribution in [0, 0.1) is 12.7 Å². The fraction of sp³-hybridized carbons (Fsp3) is 0.211. The van der Waals surface area contributed by atoms with Crippen LogP contribution < -0.4 is 5.32 Å². The fourth-order valence-corrected chi connectivity index (χ4v) is 2.99. The molecule has 2 N–H and O–H groups in total. The predicted octanol–water partition coefficient (Wildman–Crippen LogP) is 4.21. The first-order valence-electron chi connectivity index (χ1n) is 8.26. The molecule has 0 saturated heterocycles. The van der Waals surface area contributed by atoms with E-state index in [9.17, 15) is 9.18 Å². The van der Waals surface area contributed by atoms with Gasteiger partial charge in [-0.3, -0.25) is 4.79 Å². The molecule has 0 bridgehead atoms. The maximum Gasteiger partial charge on any atom is 0.234 e. The van der Waals surface area contributed by atoms with Crippen LogP contribution in [0.5, 0.6) is 0 Å². The van der Waals surface area contributed by atoms with Gasteiger partial charge in [-0.15, -0.1) is 10.2 Å².